The van der Waals surface area contributed by atoms with Crippen molar-refractivity contribution in [2.45, 2.75) is 6.18 Å². The van der Waals surface area contributed by atoms with E-state index in [1.54, 1.807) is 6.07 Å². The molecule has 0 aliphatic heterocycles. The predicted octanol–water partition coefficient (Wildman–Crippen LogP) is 2.91. The van der Waals surface area contributed by atoms with Crippen LogP contribution in [-0.4, -0.2) is 30.3 Å². The van der Waals surface area contributed by atoms with Crippen LogP contribution in [0, 0.1) is 17.1 Å². The maximum Gasteiger partial charge on any atom is 0.405 e. The summed E-state index contributed by atoms with van der Waals surface area (Å²) in [5.74, 6) is -2.65. The monoisotopic (exact) mass is 354 g/mol. The first-order valence-electron chi connectivity index (χ1n) is 5.07. The van der Waals surface area contributed by atoms with E-state index in [9.17, 15) is 22.4 Å². The second-order valence-electron chi connectivity index (χ2n) is 3.74. The number of halogens is 5. The van der Waals surface area contributed by atoms with E-state index in [0.717, 1.165) is 12.1 Å². The summed E-state index contributed by atoms with van der Waals surface area (Å²) in [6.45, 7) is -2.64. The molecular weight excluding hydrogens is 348 g/mol. The predicted molar refractivity (Wildman–Crippen MR) is 64.7 cm³/mol. The van der Waals surface area contributed by atoms with E-state index in [-0.39, 0.29) is 10.0 Å². The number of anilines is 1. The average molecular weight is 355 g/mol. The molecule has 1 aromatic carbocycles. The van der Waals surface area contributed by atoms with Crippen molar-refractivity contribution in [2.24, 2.45) is 0 Å². The second kappa shape index (κ2) is 6.09. The number of alkyl halides is 3. The highest BCUT2D eigenvalue weighted by molar-refractivity contribution is 9.10. The highest BCUT2D eigenvalue weighted by atomic mass is 79.9. The summed E-state index contributed by atoms with van der Waals surface area (Å²) < 4.78 is 50.8. The number of hydrogen-bond acceptors (Lipinski definition) is 3. The highest BCUT2D eigenvalue weighted by Crippen LogP contribution is 2.31. The number of carboxylic acid groups (broad SMARTS) is 1. The number of benzene rings is 1. The Hall–Kier alpha value is -1.82. The fourth-order valence-electron chi connectivity index (χ4n) is 1.48. The summed E-state index contributed by atoms with van der Waals surface area (Å²) in [5.41, 5.74) is -0.649. The summed E-state index contributed by atoms with van der Waals surface area (Å²) in [5, 5.41) is 17.3. The van der Waals surface area contributed by atoms with Gasteiger partial charge < -0.3 is 10.0 Å². The maximum atomic E-state index is 13.9. The van der Waals surface area contributed by atoms with Gasteiger partial charge >= 0.3 is 12.1 Å². The molecule has 0 radical (unpaired) electrons. The Balaban J connectivity index is 3.24. The molecule has 0 spiro atoms. The van der Waals surface area contributed by atoms with E-state index in [1.807, 2.05) is 0 Å². The van der Waals surface area contributed by atoms with Gasteiger partial charge in [0.1, 0.15) is 19.2 Å². The Morgan fingerprint density at radius 3 is 2.50 bits per heavy atom. The van der Waals surface area contributed by atoms with Crippen molar-refractivity contribution in [3.05, 3.63) is 28.0 Å². The topological polar surface area (TPSA) is 64.3 Å². The molecule has 0 saturated heterocycles. The number of nitrogens with zero attached hydrogens (tertiary/aromatic N) is 2. The molecule has 0 atom stereocenters. The van der Waals surface area contributed by atoms with Crippen molar-refractivity contribution < 1.29 is 27.5 Å². The smallest absolute Gasteiger partial charge is 0.405 e. The quantitative estimate of drug-likeness (QED) is 0.844. The van der Waals surface area contributed by atoms with Crippen molar-refractivity contribution in [1.29, 1.82) is 5.26 Å². The summed E-state index contributed by atoms with van der Waals surface area (Å²) in [4.78, 5) is 10.9. The molecule has 0 amide bonds. The molecule has 108 valence electrons. The molecule has 0 unspecified atom stereocenters. The fourth-order valence-corrected chi connectivity index (χ4v) is 1.90. The molecule has 0 bridgehead atoms. The minimum absolute atomic E-state index is 0.103. The minimum atomic E-state index is -4.69. The van der Waals surface area contributed by atoms with Crippen molar-refractivity contribution >= 4 is 27.6 Å². The van der Waals surface area contributed by atoms with Gasteiger partial charge in [-0.2, -0.15) is 18.4 Å². The number of aliphatic carboxylic acids is 1. The van der Waals surface area contributed by atoms with E-state index >= 15 is 0 Å². The summed E-state index contributed by atoms with van der Waals surface area (Å²) in [6, 6.07) is 3.69. The van der Waals surface area contributed by atoms with Gasteiger partial charge in [-0.25, -0.2) is 4.39 Å². The van der Waals surface area contributed by atoms with Gasteiger partial charge in [0.25, 0.3) is 0 Å². The molecule has 1 aromatic rings. The average Bonchev–Trinajstić information content (AvgIpc) is 2.29. The zero-order valence-electron chi connectivity index (χ0n) is 9.71. The zero-order chi connectivity index (χ0) is 15.5. The van der Waals surface area contributed by atoms with E-state index < -0.39 is 36.7 Å². The van der Waals surface area contributed by atoms with Gasteiger partial charge in [-0.3, -0.25) is 4.79 Å². The molecule has 0 heterocycles. The van der Waals surface area contributed by atoms with Crippen molar-refractivity contribution in [2.75, 3.05) is 18.0 Å². The highest BCUT2D eigenvalue weighted by Gasteiger charge is 2.33. The Morgan fingerprint density at radius 1 is 1.45 bits per heavy atom. The zero-order valence-corrected chi connectivity index (χ0v) is 11.3. The van der Waals surface area contributed by atoms with Crippen LogP contribution in [0.4, 0.5) is 23.2 Å². The van der Waals surface area contributed by atoms with Crippen LogP contribution >= 0.6 is 15.9 Å². The minimum Gasteiger partial charge on any atom is -0.480 e. The number of rotatable bonds is 4. The summed E-state index contributed by atoms with van der Waals surface area (Å²) >= 11 is 2.75. The molecule has 0 aromatic heterocycles. The molecular formula is C11H7BrF4N2O2. The van der Waals surface area contributed by atoms with Gasteiger partial charge in [0.05, 0.1) is 15.7 Å². The molecule has 0 fully saturated rings. The maximum absolute atomic E-state index is 13.9. The van der Waals surface area contributed by atoms with E-state index in [4.69, 9.17) is 10.4 Å². The molecule has 4 nitrogen and oxygen atoms in total. The van der Waals surface area contributed by atoms with Crippen LogP contribution in [0.1, 0.15) is 5.56 Å². The first kappa shape index (κ1) is 16.2. The Labute approximate surface area is 119 Å². The summed E-state index contributed by atoms with van der Waals surface area (Å²) in [6.07, 6.45) is -4.69. The first-order chi connectivity index (χ1) is 9.15. The number of carbonyl (C=O) groups is 1. The second-order valence-corrected chi connectivity index (χ2v) is 4.53. The van der Waals surface area contributed by atoms with Crippen LogP contribution < -0.4 is 4.90 Å². The fraction of sp³-hybridized carbons (Fsp3) is 0.273. The van der Waals surface area contributed by atoms with Gasteiger partial charge in [0.15, 0.2) is 5.82 Å². The Morgan fingerprint density at radius 2 is 2.05 bits per heavy atom. The third kappa shape index (κ3) is 4.09. The molecule has 9 heteroatoms. The van der Waals surface area contributed by atoms with Crippen molar-refractivity contribution in [3.8, 4) is 6.07 Å². The number of hydrogen-bond donors (Lipinski definition) is 1. The lowest BCUT2D eigenvalue weighted by molar-refractivity contribution is -0.136. The van der Waals surface area contributed by atoms with Gasteiger partial charge in [-0.15, -0.1) is 0 Å². The van der Waals surface area contributed by atoms with Crippen LogP contribution in [0.3, 0.4) is 0 Å². The third-order valence-corrected chi connectivity index (χ3v) is 2.99. The normalized spacial score (nSPS) is 11.0. The van der Waals surface area contributed by atoms with Gasteiger partial charge in [0, 0.05) is 0 Å². The lowest BCUT2D eigenvalue weighted by Crippen LogP contribution is -2.38. The summed E-state index contributed by atoms with van der Waals surface area (Å²) in [7, 11) is 0. The SMILES string of the molecule is N#Cc1ccc(N(CC(=O)O)CC(F)(F)F)c(F)c1Br. The molecule has 0 saturated carbocycles. The van der Waals surface area contributed by atoms with Gasteiger partial charge in [-0.05, 0) is 28.1 Å². The van der Waals surface area contributed by atoms with Crippen molar-refractivity contribution in [1.82, 2.24) is 0 Å². The molecule has 1 rings (SSSR count). The Bertz CT molecular complexity index is 569. The van der Waals surface area contributed by atoms with Crippen LogP contribution in [0.25, 0.3) is 0 Å². The van der Waals surface area contributed by atoms with Crippen LogP contribution in [0.5, 0.6) is 0 Å². The van der Waals surface area contributed by atoms with Gasteiger partial charge in [0.2, 0.25) is 0 Å². The lowest BCUT2D eigenvalue weighted by atomic mass is 10.2. The standard InChI is InChI=1S/C11H7BrF4N2O2/c12-9-6(3-17)1-2-7(10(9)13)18(4-8(19)20)5-11(14,15)16/h1-2H,4-5H2,(H,19,20). The molecule has 1 N–H and O–H groups in total. The van der Waals surface area contributed by atoms with E-state index in [1.165, 1.54) is 0 Å². The van der Waals surface area contributed by atoms with Crippen LogP contribution in [-0.2, 0) is 4.79 Å². The Kier molecular flexibility index (Phi) is 4.94. The molecule has 20 heavy (non-hydrogen) atoms. The lowest BCUT2D eigenvalue weighted by Gasteiger charge is -2.25. The van der Waals surface area contributed by atoms with E-state index in [0.29, 0.717) is 4.90 Å². The molecule has 0 aliphatic carbocycles. The number of nitriles is 1. The van der Waals surface area contributed by atoms with Crippen LogP contribution in [0.2, 0.25) is 0 Å². The number of carboxylic acids is 1. The van der Waals surface area contributed by atoms with E-state index in [2.05, 4.69) is 15.9 Å². The third-order valence-electron chi connectivity index (χ3n) is 2.22. The molecule has 0 aliphatic rings. The van der Waals surface area contributed by atoms with Crippen molar-refractivity contribution in [3.63, 3.8) is 0 Å². The first-order valence-corrected chi connectivity index (χ1v) is 5.86. The largest absolute Gasteiger partial charge is 0.480 e. The van der Waals surface area contributed by atoms with Gasteiger partial charge in [-0.1, -0.05) is 0 Å². The van der Waals surface area contributed by atoms with Crippen LogP contribution in [0.15, 0.2) is 16.6 Å².